The number of hydrogen-bond donors (Lipinski definition) is 0. The zero-order chi connectivity index (χ0) is 19.1. The molecule has 2 aromatic carbocycles. The van der Waals surface area contributed by atoms with E-state index in [2.05, 4.69) is 22.0 Å². The third kappa shape index (κ3) is 3.05. The van der Waals surface area contributed by atoms with Crippen molar-refractivity contribution in [2.75, 3.05) is 29.4 Å². The lowest BCUT2D eigenvalue weighted by Crippen LogP contribution is -2.44. The zero-order valence-electron chi connectivity index (χ0n) is 15.6. The Kier molecular flexibility index (Phi) is 4.51. The van der Waals surface area contributed by atoms with E-state index in [4.69, 9.17) is 0 Å². The average molecular weight is 396 g/mol. The van der Waals surface area contributed by atoms with Gasteiger partial charge in [-0.3, -0.25) is 4.79 Å². The van der Waals surface area contributed by atoms with Crippen molar-refractivity contribution in [1.82, 2.24) is 4.98 Å². The molecule has 3 heterocycles. The monoisotopic (exact) mass is 395 g/mol. The van der Waals surface area contributed by atoms with E-state index in [1.54, 1.807) is 6.07 Å². The van der Waals surface area contributed by atoms with Crippen LogP contribution in [0.4, 0.5) is 15.2 Å². The molecule has 4 nitrogen and oxygen atoms in total. The van der Waals surface area contributed by atoms with Crippen molar-refractivity contribution in [2.24, 2.45) is 5.92 Å². The number of halogens is 1. The maximum atomic E-state index is 13.9. The Bertz CT molecular complexity index is 1030. The van der Waals surface area contributed by atoms with Crippen LogP contribution < -0.4 is 9.80 Å². The number of carbonyl (C=O) groups is 1. The number of piperidine rings is 1. The molecule has 0 radical (unpaired) electrons. The van der Waals surface area contributed by atoms with Gasteiger partial charge in [0.25, 0.3) is 0 Å². The van der Waals surface area contributed by atoms with Crippen molar-refractivity contribution in [2.45, 2.75) is 25.7 Å². The van der Waals surface area contributed by atoms with Crippen LogP contribution in [0.25, 0.3) is 10.2 Å². The van der Waals surface area contributed by atoms with Crippen molar-refractivity contribution in [3.05, 3.63) is 53.8 Å². The number of amides is 1. The average Bonchev–Trinajstić information content (AvgIpc) is 3.19. The molecule has 144 valence electrons. The molecular formula is C22H22FN3OS. The Balaban J connectivity index is 1.29. The van der Waals surface area contributed by atoms with Gasteiger partial charge in [0.05, 0.1) is 4.70 Å². The summed E-state index contributed by atoms with van der Waals surface area (Å²) in [6.07, 6.45) is 3.71. The quantitative estimate of drug-likeness (QED) is 0.635. The molecule has 6 heteroatoms. The third-order valence-electron chi connectivity index (χ3n) is 5.85. The molecule has 1 aromatic heterocycles. The molecule has 0 unspecified atom stereocenters. The molecule has 1 fully saturated rings. The Morgan fingerprint density at radius 3 is 2.71 bits per heavy atom. The second-order valence-electron chi connectivity index (χ2n) is 7.57. The highest BCUT2D eigenvalue weighted by molar-refractivity contribution is 7.22. The normalized spacial score (nSPS) is 17.8. The van der Waals surface area contributed by atoms with Gasteiger partial charge in [-0.25, -0.2) is 9.37 Å². The number of benzene rings is 2. The summed E-state index contributed by atoms with van der Waals surface area (Å²) in [5.41, 5.74) is 2.81. The van der Waals surface area contributed by atoms with Gasteiger partial charge in [0.15, 0.2) is 5.13 Å². The standard InChI is InChI=1S/C22H22FN3OS/c23-17-7-3-9-19-20(17)24-22(28-19)25-13-10-16(11-14-25)21(27)26-12-4-6-15-5-1-2-8-18(15)26/h1-3,5,7-9,16H,4,6,10-14H2. The molecule has 3 aromatic rings. The molecular weight excluding hydrogens is 373 g/mol. The first kappa shape index (κ1) is 17.6. The lowest BCUT2D eigenvalue weighted by atomic mass is 9.93. The van der Waals surface area contributed by atoms with Gasteiger partial charge >= 0.3 is 0 Å². The number of carbonyl (C=O) groups excluding carboxylic acids is 1. The molecule has 0 saturated carbocycles. The number of thiazole rings is 1. The minimum absolute atomic E-state index is 0.0496. The number of hydrogen-bond acceptors (Lipinski definition) is 4. The number of aryl methyl sites for hydroxylation is 1. The number of fused-ring (bicyclic) bond motifs is 2. The highest BCUT2D eigenvalue weighted by Gasteiger charge is 2.32. The number of para-hydroxylation sites is 2. The van der Waals surface area contributed by atoms with E-state index in [1.165, 1.54) is 23.0 Å². The smallest absolute Gasteiger partial charge is 0.230 e. The predicted octanol–water partition coefficient (Wildman–Crippen LogP) is 4.63. The predicted molar refractivity (Wildman–Crippen MR) is 112 cm³/mol. The fourth-order valence-corrected chi connectivity index (χ4v) is 5.37. The summed E-state index contributed by atoms with van der Waals surface area (Å²) < 4.78 is 14.8. The van der Waals surface area contributed by atoms with Crippen LogP contribution >= 0.6 is 11.3 Å². The number of anilines is 2. The summed E-state index contributed by atoms with van der Waals surface area (Å²) >= 11 is 1.53. The molecule has 5 rings (SSSR count). The lowest BCUT2D eigenvalue weighted by molar-refractivity contribution is -0.123. The van der Waals surface area contributed by atoms with Gasteiger partial charge in [-0.05, 0) is 49.4 Å². The van der Waals surface area contributed by atoms with Crippen molar-refractivity contribution >= 4 is 38.3 Å². The van der Waals surface area contributed by atoms with Crippen LogP contribution in [0.5, 0.6) is 0 Å². The maximum Gasteiger partial charge on any atom is 0.230 e. The highest BCUT2D eigenvalue weighted by Crippen LogP contribution is 2.34. The highest BCUT2D eigenvalue weighted by atomic mass is 32.1. The van der Waals surface area contributed by atoms with Crippen LogP contribution in [0.1, 0.15) is 24.8 Å². The first-order valence-electron chi connectivity index (χ1n) is 9.90. The zero-order valence-corrected chi connectivity index (χ0v) is 16.4. The second kappa shape index (κ2) is 7.17. The molecule has 0 aliphatic carbocycles. The number of aromatic nitrogens is 1. The van der Waals surface area contributed by atoms with E-state index in [1.807, 2.05) is 23.1 Å². The van der Waals surface area contributed by atoms with Gasteiger partial charge in [0, 0.05) is 31.2 Å². The van der Waals surface area contributed by atoms with E-state index >= 15 is 0 Å². The van der Waals surface area contributed by atoms with E-state index < -0.39 is 0 Å². The first-order valence-corrected chi connectivity index (χ1v) is 10.7. The summed E-state index contributed by atoms with van der Waals surface area (Å²) in [6.45, 7) is 2.38. The largest absolute Gasteiger partial charge is 0.348 e. The van der Waals surface area contributed by atoms with Crippen LogP contribution in [0.3, 0.4) is 0 Å². The molecule has 1 amide bonds. The number of nitrogens with zero attached hydrogens (tertiary/aromatic N) is 3. The Hall–Kier alpha value is -2.47. The summed E-state index contributed by atoms with van der Waals surface area (Å²) in [6, 6.07) is 13.3. The SMILES string of the molecule is O=C(C1CCN(c2nc3c(F)cccc3s2)CC1)N1CCCc2ccccc21. The molecule has 0 spiro atoms. The maximum absolute atomic E-state index is 13.9. The molecule has 2 aliphatic rings. The van der Waals surface area contributed by atoms with Crippen molar-refractivity contribution in [3.8, 4) is 0 Å². The van der Waals surface area contributed by atoms with Gasteiger partial charge in [-0.1, -0.05) is 35.6 Å². The van der Waals surface area contributed by atoms with Gasteiger partial charge in [-0.15, -0.1) is 0 Å². The molecule has 2 aliphatic heterocycles. The van der Waals surface area contributed by atoms with Crippen LogP contribution in [0.2, 0.25) is 0 Å². The van der Waals surface area contributed by atoms with Crippen LogP contribution in [-0.4, -0.2) is 30.5 Å². The molecule has 0 atom stereocenters. The number of rotatable bonds is 2. The topological polar surface area (TPSA) is 36.4 Å². The fraction of sp³-hybridized carbons (Fsp3) is 0.364. The summed E-state index contributed by atoms with van der Waals surface area (Å²) in [5.74, 6) is 0.0319. The van der Waals surface area contributed by atoms with Crippen LogP contribution in [0, 0.1) is 11.7 Å². The molecule has 0 bridgehead atoms. The molecule has 1 saturated heterocycles. The van der Waals surface area contributed by atoms with Crippen molar-refractivity contribution in [3.63, 3.8) is 0 Å². The van der Waals surface area contributed by atoms with E-state index in [9.17, 15) is 9.18 Å². The van der Waals surface area contributed by atoms with E-state index in [0.717, 1.165) is 60.8 Å². The van der Waals surface area contributed by atoms with Crippen molar-refractivity contribution in [1.29, 1.82) is 0 Å². The van der Waals surface area contributed by atoms with E-state index in [-0.39, 0.29) is 17.6 Å². The van der Waals surface area contributed by atoms with E-state index in [0.29, 0.717) is 5.52 Å². The minimum atomic E-state index is -0.270. The Morgan fingerprint density at radius 2 is 1.89 bits per heavy atom. The van der Waals surface area contributed by atoms with Gasteiger partial charge in [0.1, 0.15) is 11.3 Å². The van der Waals surface area contributed by atoms with Gasteiger partial charge in [-0.2, -0.15) is 0 Å². The first-order chi connectivity index (χ1) is 13.7. The van der Waals surface area contributed by atoms with Crippen LogP contribution in [-0.2, 0) is 11.2 Å². The molecule has 28 heavy (non-hydrogen) atoms. The Morgan fingerprint density at radius 1 is 1.07 bits per heavy atom. The lowest BCUT2D eigenvalue weighted by Gasteiger charge is -2.36. The van der Waals surface area contributed by atoms with Crippen LogP contribution in [0.15, 0.2) is 42.5 Å². The summed E-state index contributed by atoms with van der Waals surface area (Å²) in [7, 11) is 0. The second-order valence-corrected chi connectivity index (χ2v) is 8.58. The van der Waals surface area contributed by atoms with Gasteiger partial charge < -0.3 is 9.80 Å². The summed E-state index contributed by atoms with van der Waals surface area (Å²) in [5, 5.41) is 0.856. The summed E-state index contributed by atoms with van der Waals surface area (Å²) in [4.78, 5) is 21.9. The fourth-order valence-electron chi connectivity index (χ4n) is 4.34. The Labute approximate surface area is 167 Å². The molecule has 0 N–H and O–H groups in total. The minimum Gasteiger partial charge on any atom is -0.348 e. The third-order valence-corrected chi connectivity index (χ3v) is 6.93. The van der Waals surface area contributed by atoms with Gasteiger partial charge in [0.2, 0.25) is 5.91 Å². The van der Waals surface area contributed by atoms with Crippen molar-refractivity contribution < 1.29 is 9.18 Å².